The average molecular weight is 359 g/mol. The van der Waals surface area contributed by atoms with Crippen LogP contribution in [0.15, 0.2) is 70.7 Å². The van der Waals surface area contributed by atoms with Crippen molar-refractivity contribution < 1.29 is 9.53 Å². The summed E-state index contributed by atoms with van der Waals surface area (Å²) in [5, 5.41) is 0. The second-order valence-electron chi connectivity index (χ2n) is 5.11. The van der Waals surface area contributed by atoms with Gasteiger partial charge in [-0.1, -0.05) is 58.4 Å². The fraction of sp³-hybridized carbons (Fsp3) is 0.211. The topological polar surface area (TPSA) is 26.3 Å². The molecule has 0 saturated heterocycles. The van der Waals surface area contributed by atoms with Crippen molar-refractivity contribution >= 4 is 22.2 Å². The molecule has 0 aliphatic carbocycles. The third-order valence-electron chi connectivity index (χ3n) is 3.33. The van der Waals surface area contributed by atoms with Gasteiger partial charge >= 0.3 is 0 Å². The Hall–Kier alpha value is -1.71. The van der Waals surface area contributed by atoms with E-state index in [2.05, 4.69) is 28.1 Å². The smallest absolute Gasteiger partial charge is 0.145 e. The molecule has 0 fully saturated rings. The van der Waals surface area contributed by atoms with Crippen molar-refractivity contribution in [2.45, 2.75) is 19.4 Å². The van der Waals surface area contributed by atoms with Crippen LogP contribution in [0.2, 0.25) is 0 Å². The van der Waals surface area contributed by atoms with Gasteiger partial charge in [-0.15, -0.1) is 0 Å². The predicted molar refractivity (Wildman–Crippen MR) is 92.8 cm³/mol. The molecule has 0 N–H and O–H groups in total. The number of allylic oxidation sites excluding steroid dienone is 1. The van der Waals surface area contributed by atoms with Crippen molar-refractivity contribution in [2.24, 2.45) is 0 Å². The zero-order chi connectivity index (χ0) is 15.8. The number of hydrogen-bond donors (Lipinski definition) is 0. The van der Waals surface area contributed by atoms with Crippen molar-refractivity contribution in [3.63, 3.8) is 0 Å². The van der Waals surface area contributed by atoms with Crippen molar-refractivity contribution in [3.05, 3.63) is 81.8 Å². The van der Waals surface area contributed by atoms with Crippen LogP contribution in [0.5, 0.6) is 0 Å². The van der Waals surface area contributed by atoms with E-state index in [-0.39, 0.29) is 6.10 Å². The minimum Gasteiger partial charge on any atom is -0.369 e. The predicted octanol–water partition coefficient (Wildman–Crippen LogP) is 4.89. The molecule has 0 bridgehead atoms. The minimum atomic E-state index is -0.193. The van der Waals surface area contributed by atoms with E-state index in [4.69, 9.17) is 4.74 Å². The molecular weight excluding hydrogens is 340 g/mol. The van der Waals surface area contributed by atoms with Crippen molar-refractivity contribution in [1.82, 2.24) is 0 Å². The van der Waals surface area contributed by atoms with Gasteiger partial charge in [0.15, 0.2) is 0 Å². The molecule has 22 heavy (non-hydrogen) atoms. The van der Waals surface area contributed by atoms with Crippen LogP contribution in [-0.4, -0.2) is 12.9 Å². The first-order chi connectivity index (χ1) is 10.7. The minimum absolute atomic E-state index is 0.193. The Morgan fingerprint density at radius 2 is 1.82 bits per heavy atom. The lowest BCUT2D eigenvalue weighted by Crippen LogP contribution is -2.06. The van der Waals surface area contributed by atoms with Gasteiger partial charge in [0.05, 0.1) is 6.61 Å². The lowest BCUT2D eigenvalue weighted by Gasteiger charge is -2.15. The molecular formula is C19H19BrO2. The number of rotatable bonds is 7. The first kappa shape index (κ1) is 16.7. The largest absolute Gasteiger partial charge is 0.369 e. The highest BCUT2D eigenvalue weighted by Gasteiger charge is 2.09. The van der Waals surface area contributed by atoms with Crippen LogP contribution in [0, 0.1) is 0 Å². The highest BCUT2D eigenvalue weighted by molar-refractivity contribution is 9.10. The highest BCUT2D eigenvalue weighted by atomic mass is 79.9. The highest BCUT2D eigenvalue weighted by Crippen LogP contribution is 2.20. The molecule has 2 aromatic carbocycles. The van der Waals surface area contributed by atoms with Crippen molar-refractivity contribution in [3.8, 4) is 0 Å². The van der Waals surface area contributed by atoms with Crippen LogP contribution in [-0.2, 0) is 16.0 Å². The summed E-state index contributed by atoms with van der Waals surface area (Å²) in [6.45, 7) is 2.39. The molecule has 2 rings (SSSR count). The van der Waals surface area contributed by atoms with Gasteiger partial charge in [0.25, 0.3) is 0 Å². The van der Waals surface area contributed by atoms with Crippen LogP contribution in [0.1, 0.15) is 24.2 Å². The molecule has 1 unspecified atom stereocenters. The van der Waals surface area contributed by atoms with Gasteiger partial charge in [0.1, 0.15) is 12.4 Å². The number of carbonyl (C=O) groups excluding carboxylic acids is 1. The Bertz CT molecular complexity index is 618. The van der Waals surface area contributed by atoms with Crippen molar-refractivity contribution in [2.75, 3.05) is 6.61 Å². The normalized spacial score (nSPS) is 12.9. The van der Waals surface area contributed by atoms with E-state index >= 15 is 0 Å². The molecule has 0 saturated carbocycles. The maximum absolute atomic E-state index is 10.9. The first-order valence-electron chi connectivity index (χ1n) is 7.23. The summed E-state index contributed by atoms with van der Waals surface area (Å²) in [6, 6.07) is 18.2. The van der Waals surface area contributed by atoms with Crippen LogP contribution < -0.4 is 0 Å². The van der Waals surface area contributed by atoms with Crippen LogP contribution in [0.25, 0.3) is 0 Å². The Labute approximate surface area is 139 Å². The molecule has 0 aromatic heterocycles. The number of ether oxygens (including phenoxy) is 1. The number of aldehydes is 1. The summed E-state index contributed by atoms with van der Waals surface area (Å²) in [5.41, 5.74) is 2.96. The molecule has 114 valence electrons. The van der Waals surface area contributed by atoms with Gasteiger partial charge in [-0.2, -0.15) is 0 Å². The van der Waals surface area contributed by atoms with E-state index in [1.807, 2.05) is 48.5 Å². The van der Waals surface area contributed by atoms with E-state index in [9.17, 15) is 4.79 Å². The van der Waals surface area contributed by atoms with E-state index in [1.54, 1.807) is 6.92 Å². The Balaban J connectivity index is 2.01. The van der Waals surface area contributed by atoms with Gasteiger partial charge < -0.3 is 4.74 Å². The standard InChI is InChI=1S/C19H19BrO2/c1-15(14-21)13-19(17-5-3-2-4-6-17)22-12-11-16-7-9-18(20)10-8-16/h2-10,13-14,19H,11-12H2,1H3/b15-13+. The quantitative estimate of drug-likeness (QED) is 0.520. The summed E-state index contributed by atoms with van der Waals surface area (Å²) in [5.74, 6) is 0. The number of benzene rings is 2. The van der Waals surface area contributed by atoms with Gasteiger partial charge in [-0.25, -0.2) is 0 Å². The lowest BCUT2D eigenvalue weighted by atomic mass is 10.1. The van der Waals surface area contributed by atoms with Gasteiger partial charge in [-0.05, 0) is 48.3 Å². The van der Waals surface area contributed by atoms with Gasteiger partial charge in [0, 0.05) is 4.47 Å². The Morgan fingerprint density at radius 1 is 1.14 bits per heavy atom. The molecule has 0 spiro atoms. The number of halogens is 1. The van der Waals surface area contributed by atoms with Crippen molar-refractivity contribution in [1.29, 1.82) is 0 Å². The van der Waals surface area contributed by atoms with E-state index in [0.29, 0.717) is 12.2 Å². The van der Waals surface area contributed by atoms with E-state index < -0.39 is 0 Å². The molecule has 1 atom stereocenters. The molecule has 3 heteroatoms. The fourth-order valence-corrected chi connectivity index (χ4v) is 2.38. The number of carbonyl (C=O) groups is 1. The second kappa shape index (κ2) is 8.66. The summed E-state index contributed by atoms with van der Waals surface area (Å²) >= 11 is 3.43. The molecule has 0 heterocycles. The maximum Gasteiger partial charge on any atom is 0.145 e. The maximum atomic E-state index is 10.9. The summed E-state index contributed by atoms with van der Waals surface area (Å²) in [4.78, 5) is 10.9. The summed E-state index contributed by atoms with van der Waals surface area (Å²) in [6.07, 6.45) is 3.37. The molecule has 0 aliphatic heterocycles. The zero-order valence-electron chi connectivity index (χ0n) is 12.5. The third kappa shape index (κ3) is 5.24. The average Bonchev–Trinajstić information content (AvgIpc) is 2.56. The first-order valence-corrected chi connectivity index (χ1v) is 8.03. The number of hydrogen-bond acceptors (Lipinski definition) is 2. The SMILES string of the molecule is C/C(C=O)=C\C(OCCc1ccc(Br)cc1)c1ccccc1. The van der Waals surface area contributed by atoms with E-state index in [0.717, 1.165) is 22.7 Å². The molecule has 2 aromatic rings. The third-order valence-corrected chi connectivity index (χ3v) is 3.86. The monoisotopic (exact) mass is 358 g/mol. The van der Waals surface area contributed by atoms with Crippen LogP contribution in [0.4, 0.5) is 0 Å². The van der Waals surface area contributed by atoms with E-state index in [1.165, 1.54) is 5.56 Å². The van der Waals surface area contributed by atoms with Gasteiger partial charge in [-0.3, -0.25) is 4.79 Å². The Morgan fingerprint density at radius 3 is 2.45 bits per heavy atom. The molecule has 0 amide bonds. The lowest BCUT2D eigenvalue weighted by molar-refractivity contribution is -0.104. The molecule has 0 aliphatic rings. The fourth-order valence-electron chi connectivity index (χ4n) is 2.12. The van der Waals surface area contributed by atoms with Gasteiger partial charge in [0.2, 0.25) is 0 Å². The molecule has 0 radical (unpaired) electrons. The van der Waals surface area contributed by atoms with Crippen LogP contribution in [0.3, 0.4) is 0 Å². The summed E-state index contributed by atoms with van der Waals surface area (Å²) in [7, 11) is 0. The molecule has 2 nitrogen and oxygen atoms in total. The van der Waals surface area contributed by atoms with Crippen LogP contribution >= 0.6 is 15.9 Å². The zero-order valence-corrected chi connectivity index (χ0v) is 14.1. The second-order valence-corrected chi connectivity index (χ2v) is 6.02. The Kier molecular flexibility index (Phi) is 6.56. The summed E-state index contributed by atoms with van der Waals surface area (Å²) < 4.78 is 7.06.